The van der Waals surface area contributed by atoms with E-state index in [4.69, 9.17) is 0 Å². The summed E-state index contributed by atoms with van der Waals surface area (Å²) in [6, 6.07) is 3.69. The predicted octanol–water partition coefficient (Wildman–Crippen LogP) is 4.91. The van der Waals surface area contributed by atoms with E-state index in [0.29, 0.717) is 12.1 Å². The molecule has 0 aliphatic carbocycles. The van der Waals surface area contributed by atoms with Crippen LogP contribution >= 0.6 is 0 Å². The first-order chi connectivity index (χ1) is 12.6. The van der Waals surface area contributed by atoms with Crippen LogP contribution in [0.1, 0.15) is 58.2 Å². The van der Waals surface area contributed by atoms with Gasteiger partial charge in [0.1, 0.15) is 0 Å². The van der Waals surface area contributed by atoms with Crippen LogP contribution in [0.5, 0.6) is 0 Å². The number of benzene rings is 1. The second-order valence-corrected chi connectivity index (χ2v) is 8.75. The van der Waals surface area contributed by atoms with E-state index in [1.807, 2.05) is 18.4 Å². The lowest BCUT2D eigenvalue weighted by Gasteiger charge is -2.07. The van der Waals surface area contributed by atoms with Crippen LogP contribution in [0.2, 0.25) is 0 Å². The van der Waals surface area contributed by atoms with Gasteiger partial charge in [0.05, 0.1) is 18.0 Å². The maximum Gasteiger partial charge on any atom is 0.501 e. The van der Waals surface area contributed by atoms with Crippen LogP contribution in [0.15, 0.2) is 23.1 Å². The third-order valence-corrected chi connectivity index (χ3v) is 6.46. The lowest BCUT2D eigenvalue weighted by molar-refractivity contribution is -0.678. The van der Waals surface area contributed by atoms with Gasteiger partial charge in [-0.3, -0.25) is 0 Å². The van der Waals surface area contributed by atoms with E-state index in [2.05, 4.69) is 11.5 Å². The molecular weight excluding hydrogens is 377 g/mol. The second kappa shape index (κ2) is 8.63. The number of fused-ring (bicyclic) bond motifs is 1. The van der Waals surface area contributed by atoms with Gasteiger partial charge in [-0.25, -0.2) is 17.6 Å². The molecular formula is C19H28F3N2O2S+. The van der Waals surface area contributed by atoms with Gasteiger partial charge in [0, 0.05) is 13.0 Å². The number of sulfone groups is 1. The van der Waals surface area contributed by atoms with Gasteiger partial charge in [0.15, 0.2) is 11.0 Å². The fourth-order valence-corrected chi connectivity index (χ4v) is 4.26. The Morgan fingerprint density at radius 2 is 1.67 bits per heavy atom. The number of alkyl halides is 3. The Labute approximate surface area is 158 Å². The zero-order valence-electron chi connectivity index (χ0n) is 16.1. The van der Waals surface area contributed by atoms with E-state index in [1.165, 1.54) is 31.7 Å². The highest BCUT2D eigenvalue weighted by atomic mass is 32.2. The topological polar surface area (TPSA) is 43.0 Å². The molecule has 0 spiro atoms. The van der Waals surface area contributed by atoms with Crippen molar-refractivity contribution in [3.63, 3.8) is 0 Å². The maximum absolute atomic E-state index is 12.9. The number of rotatable bonds is 9. The highest BCUT2D eigenvalue weighted by molar-refractivity contribution is 7.92. The molecule has 0 amide bonds. The monoisotopic (exact) mass is 405 g/mol. The van der Waals surface area contributed by atoms with Crippen LogP contribution in [0.4, 0.5) is 13.2 Å². The normalized spacial score (nSPS) is 12.8. The van der Waals surface area contributed by atoms with Crippen molar-refractivity contribution in [3.05, 3.63) is 24.0 Å². The van der Waals surface area contributed by atoms with Gasteiger partial charge in [-0.15, -0.1) is 0 Å². The number of nitrogens with zero attached hydrogens (tertiary/aromatic N) is 2. The molecule has 1 aromatic carbocycles. The Morgan fingerprint density at radius 1 is 1.04 bits per heavy atom. The first kappa shape index (κ1) is 21.7. The van der Waals surface area contributed by atoms with Crippen molar-refractivity contribution in [2.75, 3.05) is 0 Å². The van der Waals surface area contributed by atoms with Crippen molar-refractivity contribution >= 4 is 20.9 Å². The van der Waals surface area contributed by atoms with Crippen molar-refractivity contribution < 1.29 is 26.2 Å². The van der Waals surface area contributed by atoms with Gasteiger partial charge in [-0.2, -0.15) is 13.2 Å². The summed E-state index contributed by atoms with van der Waals surface area (Å²) < 4.78 is 66.1. The summed E-state index contributed by atoms with van der Waals surface area (Å²) in [5.74, 6) is 0.919. The Balaban J connectivity index is 2.34. The molecule has 0 aliphatic rings. The molecule has 0 aliphatic heterocycles. The maximum atomic E-state index is 12.9. The Hall–Kier alpha value is -1.57. The van der Waals surface area contributed by atoms with Gasteiger partial charge in [-0.05, 0) is 31.9 Å². The smallest absolute Gasteiger partial charge is 0.228 e. The zero-order chi connectivity index (χ0) is 20.2. The lowest BCUT2D eigenvalue weighted by Crippen LogP contribution is -2.36. The molecule has 0 atom stereocenters. The molecule has 0 saturated heterocycles. The molecule has 0 radical (unpaired) electrons. The quantitative estimate of drug-likeness (QED) is 0.439. The lowest BCUT2D eigenvalue weighted by atomic mass is 10.1. The molecule has 0 N–H and O–H groups in total. The summed E-state index contributed by atoms with van der Waals surface area (Å²) in [6.07, 6.45) is 6.91. The largest absolute Gasteiger partial charge is 0.501 e. The first-order valence-electron chi connectivity index (χ1n) is 9.49. The Bertz CT molecular complexity index is 886. The minimum Gasteiger partial charge on any atom is -0.228 e. The molecule has 2 rings (SSSR count). The number of unbranched alkanes of at least 4 members (excludes halogenated alkanes) is 5. The van der Waals surface area contributed by atoms with Crippen LogP contribution in [0.25, 0.3) is 11.0 Å². The second-order valence-electron chi connectivity index (χ2n) is 6.81. The van der Waals surface area contributed by atoms with Gasteiger partial charge in [0.25, 0.3) is 15.7 Å². The Morgan fingerprint density at radius 3 is 2.26 bits per heavy atom. The SMILES string of the molecule is CCCCCCCC[n+]1c(C)n(CC)c2cc(S(=O)(=O)C(F)(F)F)ccc21. The van der Waals surface area contributed by atoms with Crippen LogP contribution in [-0.4, -0.2) is 18.5 Å². The summed E-state index contributed by atoms with van der Waals surface area (Å²) in [4.78, 5) is -0.707. The van der Waals surface area contributed by atoms with Crippen LogP contribution in [0, 0.1) is 6.92 Å². The molecule has 8 heteroatoms. The molecule has 1 heterocycles. The molecule has 1 aromatic heterocycles. The number of aromatic nitrogens is 2. The molecule has 0 fully saturated rings. The fraction of sp³-hybridized carbons (Fsp3) is 0.632. The first-order valence-corrected chi connectivity index (χ1v) is 11.0. The number of halogens is 3. The van der Waals surface area contributed by atoms with Gasteiger partial charge in [-0.1, -0.05) is 32.6 Å². The third kappa shape index (κ3) is 4.47. The van der Waals surface area contributed by atoms with Crippen molar-refractivity contribution in [2.45, 2.75) is 82.8 Å². The average molecular weight is 406 g/mol. The molecule has 152 valence electrons. The van der Waals surface area contributed by atoms with E-state index in [1.54, 1.807) is 0 Å². The van der Waals surface area contributed by atoms with E-state index in [0.717, 1.165) is 42.9 Å². The van der Waals surface area contributed by atoms with E-state index < -0.39 is 20.2 Å². The van der Waals surface area contributed by atoms with Crippen molar-refractivity contribution in [3.8, 4) is 0 Å². The highest BCUT2D eigenvalue weighted by Crippen LogP contribution is 2.31. The fourth-order valence-electron chi connectivity index (χ4n) is 3.47. The number of imidazole rings is 1. The number of hydrogen-bond acceptors (Lipinski definition) is 2. The summed E-state index contributed by atoms with van der Waals surface area (Å²) >= 11 is 0. The van der Waals surface area contributed by atoms with Gasteiger partial charge in [0.2, 0.25) is 0 Å². The Kier molecular flexibility index (Phi) is 6.94. The zero-order valence-corrected chi connectivity index (χ0v) is 17.0. The minimum absolute atomic E-state index is 0.520. The molecule has 0 saturated carbocycles. The predicted molar refractivity (Wildman–Crippen MR) is 99.2 cm³/mol. The van der Waals surface area contributed by atoms with Crippen LogP contribution in [0.3, 0.4) is 0 Å². The van der Waals surface area contributed by atoms with E-state index in [-0.39, 0.29) is 0 Å². The van der Waals surface area contributed by atoms with E-state index in [9.17, 15) is 21.6 Å². The van der Waals surface area contributed by atoms with Crippen LogP contribution < -0.4 is 4.57 Å². The summed E-state index contributed by atoms with van der Waals surface area (Å²) in [6.45, 7) is 7.31. The molecule has 0 bridgehead atoms. The third-order valence-electron chi connectivity index (χ3n) is 4.98. The van der Waals surface area contributed by atoms with Gasteiger partial charge >= 0.3 is 5.51 Å². The summed E-state index contributed by atoms with van der Waals surface area (Å²) in [5, 5.41) is 0. The summed E-state index contributed by atoms with van der Waals surface area (Å²) in [5.41, 5.74) is -4.01. The number of aryl methyl sites for hydroxylation is 2. The summed E-state index contributed by atoms with van der Waals surface area (Å²) in [7, 11) is -5.35. The van der Waals surface area contributed by atoms with E-state index >= 15 is 0 Å². The molecule has 2 aromatic rings. The highest BCUT2D eigenvalue weighted by Gasteiger charge is 2.47. The van der Waals surface area contributed by atoms with Crippen molar-refractivity contribution in [1.82, 2.24) is 4.57 Å². The number of hydrogen-bond donors (Lipinski definition) is 0. The molecule has 4 nitrogen and oxygen atoms in total. The standard InChI is InChI=1S/C19H28F3N2O2S/c1-4-6-7-8-9-10-13-24-15(3)23(5-2)18-14-16(11-12-17(18)24)27(25,26)19(20,21)22/h11-12,14H,4-10,13H2,1-3H3/q+1. The molecule has 0 unspecified atom stereocenters. The van der Waals surface area contributed by atoms with Crippen molar-refractivity contribution in [1.29, 1.82) is 0 Å². The van der Waals surface area contributed by atoms with Crippen LogP contribution in [-0.2, 0) is 22.9 Å². The minimum atomic E-state index is -5.35. The average Bonchev–Trinajstić information content (AvgIpc) is 2.87. The van der Waals surface area contributed by atoms with Gasteiger partial charge < -0.3 is 0 Å². The van der Waals surface area contributed by atoms with Crippen molar-refractivity contribution in [2.24, 2.45) is 0 Å². The molecule has 27 heavy (non-hydrogen) atoms.